The van der Waals surface area contributed by atoms with Crippen molar-refractivity contribution in [3.8, 4) is 0 Å². The number of rotatable bonds is 6. The summed E-state index contributed by atoms with van der Waals surface area (Å²) in [5, 5.41) is 9.83. The van der Waals surface area contributed by atoms with Crippen molar-refractivity contribution in [2.24, 2.45) is 0 Å². The van der Waals surface area contributed by atoms with Crippen LogP contribution in [-0.4, -0.2) is 48.1 Å². The molecule has 0 aliphatic carbocycles. The lowest BCUT2D eigenvalue weighted by Crippen LogP contribution is -2.40. The second kappa shape index (κ2) is 10.4. The lowest BCUT2D eigenvalue weighted by Gasteiger charge is -2.33. The largest absolute Gasteiger partial charge is 0.465 e. The van der Waals surface area contributed by atoms with Crippen molar-refractivity contribution < 1.29 is 9.21 Å². The number of amides is 1. The standard InChI is InChI=1S/C24H29N5O2S2/c1-16-4-9-20(31-16)14-25-22(30)21-15-33-23(27-21)17-10-12-29(13-11-17)24(32)26-18-5-7-19(8-6-18)28(2)3/h4-9,15,17H,10-14H2,1-3H3,(H,25,30)(H,26,32). The van der Waals surface area contributed by atoms with E-state index < -0.39 is 0 Å². The average Bonchev–Trinajstić information content (AvgIpc) is 3.47. The smallest absolute Gasteiger partial charge is 0.271 e. The molecule has 1 aliphatic heterocycles. The highest BCUT2D eigenvalue weighted by atomic mass is 32.1. The Morgan fingerprint density at radius 3 is 2.58 bits per heavy atom. The number of benzene rings is 1. The Labute approximate surface area is 203 Å². The third-order valence-corrected chi connectivity index (χ3v) is 7.11. The highest BCUT2D eigenvalue weighted by Gasteiger charge is 2.25. The van der Waals surface area contributed by atoms with Crippen molar-refractivity contribution in [2.75, 3.05) is 37.4 Å². The molecule has 1 amide bonds. The Kier molecular flexibility index (Phi) is 7.29. The zero-order valence-corrected chi connectivity index (χ0v) is 20.8. The summed E-state index contributed by atoms with van der Waals surface area (Å²) in [6.07, 6.45) is 1.92. The predicted octanol–water partition coefficient (Wildman–Crippen LogP) is 4.62. The number of aryl methyl sites for hydroxylation is 1. The van der Waals surface area contributed by atoms with Gasteiger partial charge in [-0.2, -0.15) is 0 Å². The minimum atomic E-state index is -0.172. The van der Waals surface area contributed by atoms with E-state index in [4.69, 9.17) is 16.6 Å². The molecule has 9 heteroatoms. The summed E-state index contributed by atoms with van der Waals surface area (Å²) >= 11 is 7.20. The molecular weight excluding hydrogens is 454 g/mol. The molecule has 1 aliphatic rings. The molecule has 0 saturated carbocycles. The van der Waals surface area contributed by atoms with Gasteiger partial charge in [-0.05, 0) is 68.4 Å². The summed E-state index contributed by atoms with van der Waals surface area (Å²) in [7, 11) is 4.05. The second-order valence-electron chi connectivity index (χ2n) is 8.40. The van der Waals surface area contributed by atoms with Gasteiger partial charge in [-0.3, -0.25) is 4.79 Å². The van der Waals surface area contributed by atoms with E-state index >= 15 is 0 Å². The van der Waals surface area contributed by atoms with Crippen LogP contribution >= 0.6 is 23.6 Å². The van der Waals surface area contributed by atoms with Crippen LogP contribution in [0.15, 0.2) is 46.2 Å². The molecule has 33 heavy (non-hydrogen) atoms. The number of furan rings is 1. The summed E-state index contributed by atoms with van der Waals surface area (Å²) < 4.78 is 5.50. The van der Waals surface area contributed by atoms with Crippen LogP contribution in [0.1, 0.15) is 45.8 Å². The molecule has 7 nitrogen and oxygen atoms in total. The minimum absolute atomic E-state index is 0.172. The third kappa shape index (κ3) is 5.91. The zero-order chi connectivity index (χ0) is 23.4. The summed E-state index contributed by atoms with van der Waals surface area (Å²) in [6, 6.07) is 12.0. The number of carbonyl (C=O) groups excluding carboxylic acids is 1. The van der Waals surface area contributed by atoms with E-state index in [1.165, 1.54) is 0 Å². The first-order valence-electron chi connectivity index (χ1n) is 11.0. The number of nitrogens with one attached hydrogen (secondary N) is 2. The SMILES string of the molecule is Cc1ccc(CNC(=O)c2csc(C3CCN(C(=S)Nc4ccc(N(C)C)cc4)CC3)n2)o1. The van der Waals surface area contributed by atoms with E-state index in [0.29, 0.717) is 18.2 Å². The Morgan fingerprint density at radius 1 is 1.21 bits per heavy atom. The monoisotopic (exact) mass is 483 g/mol. The van der Waals surface area contributed by atoms with Crippen molar-refractivity contribution in [2.45, 2.75) is 32.2 Å². The Morgan fingerprint density at radius 2 is 1.94 bits per heavy atom. The molecular formula is C24H29N5O2S2. The number of thiazole rings is 1. The maximum atomic E-state index is 12.4. The molecule has 0 radical (unpaired) electrons. The third-order valence-electron chi connectivity index (χ3n) is 5.74. The highest BCUT2D eigenvalue weighted by Crippen LogP contribution is 2.30. The fourth-order valence-corrected chi connectivity index (χ4v) is 5.06. The lowest BCUT2D eigenvalue weighted by atomic mass is 9.98. The molecule has 3 aromatic rings. The number of thiocarbonyl (C=S) groups is 1. The van der Waals surface area contributed by atoms with Crippen molar-refractivity contribution in [1.82, 2.24) is 15.2 Å². The van der Waals surface area contributed by atoms with E-state index in [1.807, 2.05) is 50.7 Å². The number of carbonyl (C=O) groups is 1. The number of hydrogen-bond donors (Lipinski definition) is 2. The van der Waals surface area contributed by atoms with Gasteiger partial charge >= 0.3 is 0 Å². The van der Waals surface area contributed by atoms with Crippen LogP contribution in [0.5, 0.6) is 0 Å². The number of piperidine rings is 1. The van der Waals surface area contributed by atoms with Gasteiger partial charge in [0.1, 0.15) is 17.2 Å². The molecule has 1 saturated heterocycles. The number of nitrogens with zero attached hydrogens (tertiary/aromatic N) is 3. The predicted molar refractivity (Wildman–Crippen MR) is 137 cm³/mol. The summed E-state index contributed by atoms with van der Waals surface area (Å²) in [6.45, 7) is 3.98. The van der Waals surface area contributed by atoms with Crippen molar-refractivity contribution >= 4 is 45.9 Å². The second-order valence-corrected chi connectivity index (χ2v) is 9.68. The van der Waals surface area contributed by atoms with Gasteiger partial charge in [0.25, 0.3) is 5.91 Å². The van der Waals surface area contributed by atoms with Gasteiger partial charge in [-0.15, -0.1) is 11.3 Å². The number of likely N-dealkylation sites (tertiary alicyclic amines) is 1. The zero-order valence-electron chi connectivity index (χ0n) is 19.1. The van der Waals surface area contributed by atoms with Crippen LogP contribution in [0.25, 0.3) is 0 Å². The van der Waals surface area contributed by atoms with Gasteiger partial charge < -0.3 is 24.9 Å². The van der Waals surface area contributed by atoms with E-state index in [2.05, 4.69) is 37.6 Å². The normalized spacial score (nSPS) is 14.2. The molecule has 174 valence electrons. The molecule has 2 N–H and O–H groups in total. The van der Waals surface area contributed by atoms with Crippen LogP contribution in [0.3, 0.4) is 0 Å². The molecule has 0 spiro atoms. The number of hydrogen-bond acceptors (Lipinski definition) is 6. The molecule has 3 heterocycles. The molecule has 1 fully saturated rings. The van der Waals surface area contributed by atoms with Crippen LogP contribution < -0.4 is 15.5 Å². The molecule has 0 atom stereocenters. The van der Waals surface area contributed by atoms with Gasteiger partial charge in [0.15, 0.2) is 5.11 Å². The molecule has 0 bridgehead atoms. The minimum Gasteiger partial charge on any atom is -0.465 e. The maximum Gasteiger partial charge on any atom is 0.271 e. The first-order valence-corrected chi connectivity index (χ1v) is 12.3. The molecule has 0 unspecified atom stereocenters. The van der Waals surface area contributed by atoms with Crippen LogP contribution in [0.2, 0.25) is 0 Å². The van der Waals surface area contributed by atoms with E-state index in [1.54, 1.807) is 11.3 Å². The number of anilines is 2. The first kappa shape index (κ1) is 23.3. The first-order chi connectivity index (χ1) is 15.9. The topological polar surface area (TPSA) is 73.6 Å². The molecule has 2 aromatic heterocycles. The maximum absolute atomic E-state index is 12.4. The molecule has 4 rings (SSSR count). The van der Waals surface area contributed by atoms with Crippen LogP contribution in [-0.2, 0) is 6.54 Å². The summed E-state index contributed by atoms with van der Waals surface area (Å²) in [4.78, 5) is 21.3. The fraction of sp³-hybridized carbons (Fsp3) is 0.375. The van der Waals surface area contributed by atoms with E-state index in [-0.39, 0.29) is 5.91 Å². The van der Waals surface area contributed by atoms with Crippen molar-refractivity contribution in [1.29, 1.82) is 0 Å². The van der Waals surface area contributed by atoms with Crippen molar-refractivity contribution in [3.05, 3.63) is 64.0 Å². The Bertz CT molecular complexity index is 1100. The van der Waals surface area contributed by atoms with E-state index in [9.17, 15) is 4.79 Å². The van der Waals surface area contributed by atoms with Crippen molar-refractivity contribution in [3.63, 3.8) is 0 Å². The summed E-state index contributed by atoms with van der Waals surface area (Å²) in [5.74, 6) is 1.75. The number of aromatic nitrogens is 1. The van der Waals surface area contributed by atoms with Gasteiger partial charge in [0.05, 0.1) is 11.6 Å². The van der Waals surface area contributed by atoms with Gasteiger partial charge in [-0.25, -0.2) is 4.98 Å². The Hall–Kier alpha value is -2.91. The van der Waals surface area contributed by atoms with Gasteiger partial charge in [-0.1, -0.05) is 0 Å². The summed E-state index contributed by atoms with van der Waals surface area (Å²) in [5.41, 5.74) is 2.62. The van der Waals surface area contributed by atoms with Crippen LogP contribution in [0, 0.1) is 6.92 Å². The van der Waals surface area contributed by atoms with E-state index in [0.717, 1.165) is 58.9 Å². The average molecular weight is 484 g/mol. The molecule has 1 aromatic carbocycles. The highest BCUT2D eigenvalue weighted by molar-refractivity contribution is 7.80. The Balaban J connectivity index is 1.26. The quantitative estimate of drug-likeness (QED) is 0.496. The van der Waals surface area contributed by atoms with Gasteiger partial charge in [0, 0.05) is 49.9 Å². The lowest BCUT2D eigenvalue weighted by molar-refractivity contribution is 0.0943. The van der Waals surface area contributed by atoms with Gasteiger partial charge in [0.2, 0.25) is 0 Å². The van der Waals surface area contributed by atoms with Crippen LogP contribution in [0.4, 0.5) is 11.4 Å². The fourth-order valence-electron chi connectivity index (χ4n) is 3.79.